The first kappa shape index (κ1) is 13.1. The van der Waals surface area contributed by atoms with E-state index >= 15 is 0 Å². The third-order valence-electron chi connectivity index (χ3n) is 2.83. The summed E-state index contributed by atoms with van der Waals surface area (Å²) < 4.78 is 2.03. The van der Waals surface area contributed by atoms with Crippen molar-refractivity contribution in [2.45, 2.75) is 19.4 Å². The van der Waals surface area contributed by atoms with E-state index in [4.69, 9.17) is 5.73 Å². The summed E-state index contributed by atoms with van der Waals surface area (Å²) in [5.74, 6) is 2.74. The first-order valence-corrected chi connectivity index (χ1v) is 7.35. The molecule has 96 valence electrons. The SMILES string of the molecule is CSCC[C@@H](N)c1nnc(C)n1-c1ccccc1. The first-order valence-electron chi connectivity index (χ1n) is 5.96. The van der Waals surface area contributed by atoms with Gasteiger partial charge in [0.05, 0.1) is 6.04 Å². The average Bonchev–Trinajstić information content (AvgIpc) is 2.79. The average molecular weight is 262 g/mol. The standard InChI is InChI=1S/C13H18N4S/c1-10-15-16-13(12(14)8-9-18-2)17(10)11-6-4-3-5-7-11/h3-7,12H,8-9,14H2,1-2H3/t12-/m1/s1. The predicted octanol–water partition coefficient (Wildman–Crippen LogP) is 2.33. The molecule has 1 aromatic heterocycles. The van der Waals surface area contributed by atoms with Crippen LogP contribution < -0.4 is 5.73 Å². The Hall–Kier alpha value is -1.33. The van der Waals surface area contributed by atoms with Crippen LogP contribution in [0.25, 0.3) is 5.69 Å². The van der Waals surface area contributed by atoms with Gasteiger partial charge in [-0.15, -0.1) is 10.2 Å². The molecule has 1 atom stereocenters. The monoisotopic (exact) mass is 262 g/mol. The van der Waals surface area contributed by atoms with E-state index in [1.807, 2.05) is 41.8 Å². The summed E-state index contributed by atoms with van der Waals surface area (Å²) in [5.41, 5.74) is 7.26. The van der Waals surface area contributed by atoms with Crippen molar-refractivity contribution in [1.29, 1.82) is 0 Å². The van der Waals surface area contributed by atoms with Crippen molar-refractivity contribution in [3.8, 4) is 5.69 Å². The van der Waals surface area contributed by atoms with Gasteiger partial charge in [-0.25, -0.2) is 0 Å². The second kappa shape index (κ2) is 6.02. The number of aryl methyl sites for hydroxylation is 1. The number of nitrogens with two attached hydrogens (primary N) is 1. The smallest absolute Gasteiger partial charge is 0.154 e. The van der Waals surface area contributed by atoms with Crippen molar-refractivity contribution in [2.24, 2.45) is 5.73 Å². The van der Waals surface area contributed by atoms with Crippen LogP contribution in [0.2, 0.25) is 0 Å². The van der Waals surface area contributed by atoms with Gasteiger partial charge in [-0.05, 0) is 37.5 Å². The van der Waals surface area contributed by atoms with Gasteiger partial charge in [-0.2, -0.15) is 11.8 Å². The number of benzene rings is 1. The van der Waals surface area contributed by atoms with Crippen molar-refractivity contribution in [1.82, 2.24) is 14.8 Å². The Morgan fingerprint density at radius 1 is 1.28 bits per heavy atom. The minimum atomic E-state index is -0.0705. The van der Waals surface area contributed by atoms with Gasteiger partial charge in [-0.3, -0.25) is 4.57 Å². The summed E-state index contributed by atoms with van der Waals surface area (Å²) >= 11 is 1.80. The molecule has 5 heteroatoms. The van der Waals surface area contributed by atoms with Crippen molar-refractivity contribution in [3.63, 3.8) is 0 Å². The zero-order valence-corrected chi connectivity index (χ0v) is 11.5. The van der Waals surface area contributed by atoms with Crippen molar-refractivity contribution in [3.05, 3.63) is 42.0 Å². The van der Waals surface area contributed by atoms with Crippen molar-refractivity contribution >= 4 is 11.8 Å². The normalized spacial score (nSPS) is 12.6. The molecule has 0 saturated carbocycles. The molecule has 0 saturated heterocycles. The number of para-hydroxylation sites is 1. The van der Waals surface area contributed by atoms with Crippen molar-refractivity contribution in [2.75, 3.05) is 12.0 Å². The Labute approximate surface area is 112 Å². The summed E-state index contributed by atoms with van der Waals surface area (Å²) in [6.07, 6.45) is 2.99. The minimum Gasteiger partial charge on any atom is -0.321 e. The summed E-state index contributed by atoms with van der Waals surface area (Å²) in [6, 6.07) is 10.0. The maximum atomic E-state index is 6.20. The topological polar surface area (TPSA) is 56.7 Å². The van der Waals surface area contributed by atoms with Gasteiger partial charge >= 0.3 is 0 Å². The van der Waals surface area contributed by atoms with E-state index in [1.54, 1.807) is 11.8 Å². The highest BCUT2D eigenvalue weighted by molar-refractivity contribution is 7.98. The van der Waals surface area contributed by atoms with Crippen LogP contribution in [-0.4, -0.2) is 26.8 Å². The Kier molecular flexibility index (Phi) is 4.38. The van der Waals surface area contributed by atoms with Gasteiger partial charge in [0.2, 0.25) is 0 Å². The molecule has 2 N–H and O–H groups in total. The van der Waals surface area contributed by atoms with Gasteiger partial charge in [0.25, 0.3) is 0 Å². The lowest BCUT2D eigenvalue weighted by Gasteiger charge is -2.13. The van der Waals surface area contributed by atoms with Crippen molar-refractivity contribution < 1.29 is 0 Å². The van der Waals surface area contributed by atoms with E-state index in [-0.39, 0.29) is 6.04 Å². The van der Waals surface area contributed by atoms with Gasteiger partial charge < -0.3 is 5.73 Å². The molecule has 0 amide bonds. The van der Waals surface area contributed by atoms with Crippen LogP contribution in [0.15, 0.2) is 30.3 Å². The molecule has 18 heavy (non-hydrogen) atoms. The van der Waals surface area contributed by atoms with Crippen LogP contribution in [0.4, 0.5) is 0 Å². The van der Waals surface area contributed by atoms with Gasteiger partial charge in [-0.1, -0.05) is 18.2 Å². The fourth-order valence-corrected chi connectivity index (χ4v) is 2.38. The zero-order chi connectivity index (χ0) is 13.0. The van der Waals surface area contributed by atoms with E-state index in [2.05, 4.69) is 16.5 Å². The maximum absolute atomic E-state index is 6.20. The fraction of sp³-hybridized carbons (Fsp3) is 0.385. The number of rotatable bonds is 5. The zero-order valence-electron chi connectivity index (χ0n) is 10.7. The van der Waals surface area contributed by atoms with Crippen LogP contribution in [-0.2, 0) is 0 Å². The van der Waals surface area contributed by atoms with E-state index in [9.17, 15) is 0 Å². The lowest BCUT2D eigenvalue weighted by molar-refractivity contribution is 0.637. The third kappa shape index (κ3) is 2.73. The van der Waals surface area contributed by atoms with E-state index in [0.29, 0.717) is 0 Å². The quantitative estimate of drug-likeness (QED) is 0.898. The number of aromatic nitrogens is 3. The molecule has 4 nitrogen and oxygen atoms in total. The minimum absolute atomic E-state index is 0.0705. The molecule has 0 radical (unpaired) electrons. The van der Waals surface area contributed by atoms with Crippen LogP contribution in [0.1, 0.15) is 24.1 Å². The lowest BCUT2D eigenvalue weighted by Crippen LogP contribution is -2.17. The second-order valence-electron chi connectivity index (χ2n) is 4.16. The Morgan fingerprint density at radius 3 is 2.67 bits per heavy atom. The van der Waals surface area contributed by atoms with E-state index < -0.39 is 0 Å². The highest BCUT2D eigenvalue weighted by Crippen LogP contribution is 2.19. The summed E-state index contributed by atoms with van der Waals surface area (Å²) in [6.45, 7) is 1.95. The molecular weight excluding hydrogens is 244 g/mol. The highest BCUT2D eigenvalue weighted by atomic mass is 32.2. The summed E-state index contributed by atoms with van der Waals surface area (Å²) in [7, 11) is 0. The molecular formula is C13H18N4S. The maximum Gasteiger partial charge on any atom is 0.154 e. The number of hydrogen-bond acceptors (Lipinski definition) is 4. The second-order valence-corrected chi connectivity index (χ2v) is 5.15. The Morgan fingerprint density at radius 2 is 2.00 bits per heavy atom. The molecule has 0 bridgehead atoms. The third-order valence-corrected chi connectivity index (χ3v) is 3.47. The number of thioether (sulfide) groups is 1. The Balaban J connectivity index is 2.33. The molecule has 0 spiro atoms. The van der Waals surface area contributed by atoms with Gasteiger partial charge in [0, 0.05) is 5.69 Å². The molecule has 2 rings (SSSR count). The predicted molar refractivity (Wildman–Crippen MR) is 76.0 cm³/mol. The van der Waals surface area contributed by atoms with Gasteiger partial charge in [0.1, 0.15) is 5.82 Å². The molecule has 0 aliphatic carbocycles. The van der Waals surface area contributed by atoms with Crippen LogP contribution >= 0.6 is 11.8 Å². The highest BCUT2D eigenvalue weighted by Gasteiger charge is 2.16. The summed E-state index contributed by atoms with van der Waals surface area (Å²) in [5, 5.41) is 8.37. The van der Waals surface area contributed by atoms with E-state index in [0.717, 1.165) is 29.5 Å². The molecule has 0 aliphatic rings. The lowest BCUT2D eigenvalue weighted by atomic mass is 10.2. The molecule has 0 aliphatic heterocycles. The van der Waals surface area contributed by atoms with Crippen LogP contribution in [0.3, 0.4) is 0 Å². The van der Waals surface area contributed by atoms with Crippen LogP contribution in [0, 0.1) is 6.92 Å². The number of nitrogens with zero attached hydrogens (tertiary/aromatic N) is 3. The molecule has 0 unspecified atom stereocenters. The fourth-order valence-electron chi connectivity index (χ4n) is 1.89. The Bertz CT molecular complexity index is 495. The first-order chi connectivity index (χ1) is 8.74. The van der Waals surface area contributed by atoms with Crippen LogP contribution in [0.5, 0.6) is 0 Å². The molecule has 1 aromatic carbocycles. The largest absolute Gasteiger partial charge is 0.321 e. The molecule has 1 heterocycles. The molecule has 0 fully saturated rings. The van der Waals surface area contributed by atoms with Gasteiger partial charge in [0.15, 0.2) is 5.82 Å². The van der Waals surface area contributed by atoms with E-state index in [1.165, 1.54) is 0 Å². The molecule has 2 aromatic rings. The summed E-state index contributed by atoms with van der Waals surface area (Å²) in [4.78, 5) is 0. The number of hydrogen-bond donors (Lipinski definition) is 1.